The molecule has 0 unspecified atom stereocenters. The van der Waals surface area contributed by atoms with Crippen molar-refractivity contribution in [3.8, 4) is 0 Å². The number of nitrogens with zero attached hydrogens (tertiary/aromatic N) is 1. The molecule has 0 aromatic heterocycles. The van der Waals surface area contributed by atoms with E-state index in [0.29, 0.717) is 11.1 Å². The van der Waals surface area contributed by atoms with Crippen molar-refractivity contribution in [3.05, 3.63) is 101 Å². The van der Waals surface area contributed by atoms with Gasteiger partial charge in [-0.05, 0) is 54.7 Å². The van der Waals surface area contributed by atoms with Crippen LogP contribution < -0.4 is 11.1 Å². The van der Waals surface area contributed by atoms with Crippen molar-refractivity contribution in [2.24, 2.45) is 11.7 Å². The number of aliphatic hydroxyl groups excluding tert-OH is 1. The largest absolute Gasteiger partial charge is 0.445 e. The van der Waals surface area contributed by atoms with Crippen LogP contribution in [0.25, 0.3) is 0 Å². The first kappa shape index (κ1) is 30.8. The van der Waals surface area contributed by atoms with Gasteiger partial charge in [0.1, 0.15) is 6.61 Å². The van der Waals surface area contributed by atoms with E-state index >= 15 is 0 Å². The Bertz CT molecular complexity index is 1380. The number of aryl methyl sites for hydroxylation is 1. The van der Waals surface area contributed by atoms with Crippen LogP contribution in [0.2, 0.25) is 0 Å². The van der Waals surface area contributed by atoms with E-state index in [0.717, 1.165) is 11.1 Å². The minimum absolute atomic E-state index is 0.00547. The molecular weight excluding hydrogens is 530 g/mol. The lowest BCUT2D eigenvalue weighted by Gasteiger charge is -2.30. The number of primary amides is 1. The van der Waals surface area contributed by atoms with Gasteiger partial charge in [0.15, 0.2) is 0 Å². The summed E-state index contributed by atoms with van der Waals surface area (Å²) in [7, 11) is -3.91. The van der Waals surface area contributed by atoms with E-state index in [4.69, 9.17) is 10.5 Å². The van der Waals surface area contributed by atoms with Crippen LogP contribution in [-0.4, -0.2) is 55.1 Å². The molecule has 214 valence electrons. The predicted molar refractivity (Wildman–Crippen MR) is 153 cm³/mol. The molecule has 3 aromatic rings. The molecule has 0 aliphatic carbocycles. The van der Waals surface area contributed by atoms with Gasteiger partial charge in [-0.3, -0.25) is 4.79 Å². The number of sulfonamides is 1. The van der Waals surface area contributed by atoms with Crippen molar-refractivity contribution in [3.63, 3.8) is 0 Å². The van der Waals surface area contributed by atoms with Crippen LogP contribution in [0.3, 0.4) is 0 Å². The topological polar surface area (TPSA) is 139 Å². The standard InChI is InChI=1S/C30H37N3O6S/c1-21(2)18-33(40(37,38)26-14-12-22(3)13-15-26)19-28(34)27(17-23-8-5-4-6-9-23)32-30(36)39-20-24-10-7-11-25(16-24)29(31)35/h4-16,21,27-28,34H,17-20H2,1-3H3,(H2,31,35)(H,32,36)/t27-,28+/m0/s1. The molecule has 0 fully saturated rings. The number of carbonyl (C=O) groups excluding carboxylic acids is 2. The number of alkyl carbamates (subject to hydrolysis) is 1. The predicted octanol–water partition coefficient (Wildman–Crippen LogP) is 3.64. The zero-order valence-corrected chi connectivity index (χ0v) is 23.8. The summed E-state index contributed by atoms with van der Waals surface area (Å²) in [6.45, 7) is 5.50. The monoisotopic (exact) mass is 567 g/mol. The maximum absolute atomic E-state index is 13.5. The highest BCUT2D eigenvalue weighted by atomic mass is 32.2. The minimum atomic E-state index is -3.91. The molecule has 3 aromatic carbocycles. The number of hydrogen-bond acceptors (Lipinski definition) is 6. The molecule has 0 aliphatic rings. The van der Waals surface area contributed by atoms with Gasteiger partial charge in [-0.2, -0.15) is 4.31 Å². The smallest absolute Gasteiger partial charge is 0.407 e. The number of nitrogens with two attached hydrogens (primary N) is 1. The first-order valence-electron chi connectivity index (χ1n) is 13.1. The Morgan fingerprint density at radius 2 is 1.60 bits per heavy atom. The number of hydrogen-bond donors (Lipinski definition) is 3. The molecule has 0 aliphatic heterocycles. The van der Waals surface area contributed by atoms with Gasteiger partial charge in [-0.15, -0.1) is 0 Å². The molecule has 40 heavy (non-hydrogen) atoms. The number of carbonyl (C=O) groups is 2. The van der Waals surface area contributed by atoms with Gasteiger partial charge in [-0.1, -0.05) is 74.0 Å². The molecular formula is C30H37N3O6S. The first-order valence-corrected chi connectivity index (χ1v) is 14.5. The van der Waals surface area contributed by atoms with E-state index < -0.39 is 34.2 Å². The normalized spacial score (nSPS) is 13.2. The summed E-state index contributed by atoms with van der Waals surface area (Å²) in [6.07, 6.45) is -1.79. The summed E-state index contributed by atoms with van der Waals surface area (Å²) in [5.41, 5.74) is 7.96. The van der Waals surface area contributed by atoms with Crippen molar-refractivity contribution >= 4 is 22.0 Å². The Balaban J connectivity index is 1.79. The number of rotatable bonds is 13. The molecule has 0 heterocycles. The molecule has 0 saturated carbocycles. The highest BCUT2D eigenvalue weighted by Gasteiger charge is 2.31. The second-order valence-corrected chi connectivity index (χ2v) is 12.1. The van der Waals surface area contributed by atoms with Crippen molar-refractivity contribution in [1.29, 1.82) is 0 Å². The summed E-state index contributed by atoms with van der Waals surface area (Å²) in [5, 5.41) is 14.0. The quantitative estimate of drug-likeness (QED) is 0.288. The Labute approximate surface area is 236 Å². The number of benzene rings is 3. The van der Waals surface area contributed by atoms with Crippen molar-refractivity contribution in [1.82, 2.24) is 9.62 Å². The van der Waals surface area contributed by atoms with Gasteiger partial charge >= 0.3 is 6.09 Å². The SMILES string of the molecule is Cc1ccc(S(=O)(=O)N(CC(C)C)C[C@@H](O)[C@H](Cc2ccccc2)NC(=O)OCc2cccc(C(N)=O)c2)cc1. The van der Waals surface area contributed by atoms with E-state index in [2.05, 4.69) is 5.32 Å². The average molecular weight is 568 g/mol. The van der Waals surface area contributed by atoms with Gasteiger partial charge in [0.2, 0.25) is 15.9 Å². The lowest BCUT2D eigenvalue weighted by atomic mass is 10.0. The van der Waals surface area contributed by atoms with E-state index in [-0.39, 0.29) is 36.9 Å². The third-order valence-corrected chi connectivity index (χ3v) is 8.11. The Hall–Kier alpha value is -3.73. The summed E-state index contributed by atoms with van der Waals surface area (Å²) in [6, 6.07) is 21.4. The lowest BCUT2D eigenvalue weighted by Crippen LogP contribution is -2.51. The van der Waals surface area contributed by atoms with Crippen LogP contribution in [0.15, 0.2) is 83.8 Å². The first-order chi connectivity index (χ1) is 19.0. The van der Waals surface area contributed by atoms with Crippen molar-refractivity contribution < 1.29 is 27.9 Å². The van der Waals surface area contributed by atoms with Crippen LogP contribution >= 0.6 is 0 Å². The minimum Gasteiger partial charge on any atom is -0.445 e. The maximum atomic E-state index is 13.5. The maximum Gasteiger partial charge on any atom is 0.407 e. The molecule has 3 rings (SSSR count). The summed E-state index contributed by atoms with van der Waals surface area (Å²) < 4.78 is 33.7. The molecule has 0 radical (unpaired) electrons. The van der Waals surface area contributed by atoms with Crippen molar-refractivity contribution in [2.45, 2.75) is 50.8 Å². The van der Waals surface area contributed by atoms with Gasteiger partial charge in [0.05, 0.1) is 17.0 Å². The zero-order chi connectivity index (χ0) is 29.3. The van der Waals surface area contributed by atoms with Crippen molar-refractivity contribution in [2.75, 3.05) is 13.1 Å². The highest BCUT2D eigenvalue weighted by Crippen LogP contribution is 2.20. The highest BCUT2D eigenvalue weighted by molar-refractivity contribution is 7.89. The van der Waals surface area contributed by atoms with Gasteiger partial charge in [0.25, 0.3) is 0 Å². The fourth-order valence-corrected chi connectivity index (χ4v) is 5.80. The molecule has 2 amide bonds. The number of nitrogens with one attached hydrogen (secondary N) is 1. The second kappa shape index (κ2) is 14.1. The van der Waals surface area contributed by atoms with E-state index in [1.165, 1.54) is 10.4 Å². The summed E-state index contributed by atoms with van der Waals surface area (Å²) in [4.78, 5) is 24.4. The third kappa shape index (κ3) is 8.90. The van der Waals surface area contributed by atoms with E-state index in [1.807, 2.05) is 51.1 Å². The molecule has 4 N–H and O–H groups in total. The Morgan fingerprint density at radius 3 is 2.23 bits per heavy atom. The summed E-state index contributed by atoms with van der Waals surface area (Å²) >= 11 is 0. The van der Waals surface area contributed by atoms with Gasteiger partial charge < -0.3 is 20.9 Å². The van der Waals surface area contributed by atoms with Crippen LogP contribution in [0.5, 0.6) is 0 Å². The Morgan fingerprint density at radius 1 is 0.950 bits per heavy atom. The van der Waals surface area contributed by atoms with E-state index in [9.17, 15) is 23.1 Å². The van der Waals surface area contributed by atoms with Crippen LogP contribution in [-0.2, 0) is 27.8 Å². The summed E-state index contributed by atoms with van der Waals surface area (Å²) in [5.74, 6) is -0.599. The molecule has 0 spiro atoms. The number of aliphatic hydroxyl groups is 1. The van der Waals surface area contributed by atoms with Gasteiger partial charge in [-0.25, -0.2) is 13.2 Å². The fraction of sp³-hybridized carbons (Fsp3) is 0.333. The Kier molecular flexibility index (Phi) is 10.8. The molecule has 0 saturated heterocycles. The zero-order valence-electron chi connectivity index (χ0n) is 23.0. The number of ether oxygens (including phenoxy) is 1. The molecule has 0 bridgehead atoms. The van der Waals surface area contributed by atoms with Crippen LogP contribution in [0, 0.1) is 12.8 Å². The molecule has 9 nitrogen and oxygen atoms in total. The van der Waals surface area contributed by atoms with Crippen LogP contribution in [0.1, 0.15) is 40.9 Å². The average Bonchev–Trinajstić information content (AvgIpc) is 2.92. The van der Waals surface area contributed by atoms with E-state index in [1.54, 1.807) is 42.5 Å². The molecule has 2 atom stereocenters. The fourth-order valence-electron chi connectivity index (χ4n) is 4.18. The lowest BCUT2D eigenvalue weighted by molar-refractivity contribution is 0.0873. The number of amides is 2. The second-order valence-electron chi connectivity index (χ2n) is 10.2. The van der Waals surface area contributed by atoms with Crippen LogP contribution in [0.4, 0.5) is 4.79 Å². The van der Waals surface area contributed by atoms with Gasteiger partial charge in [0, 0.05) is 18.7 Å². The third-order valence-electron chi connectivity index (χ3n) is 6.27. The molecule has 10 heteroatoms.